The van der Waals surface area contributed by atoms with Gasteiger partial charge in [0, 0.05) is 0 Å². The highest BCUT2D eigenvalue weighted by Crippen LogP contribution is 2.33. The Morgan fingerprint density at radius 3 is 1.78 bits per heavy atom. The van der Waals surface area contributed by atoms with Crippen LogP contribution in [0.2, 0.25) is 31.2 Å². The summed E-state index contributed by atoms with van der Waals surface area (Å²) in [5.74, 6) is 0. The molecule has 0 heterocycles. The molecule has 1 aromatic carbocycles. The van der Waals surface area contributed by atoms with Crippen molar-refractivity contribution in [2.45, 2.75) is 52.0 Å². The molecule has 1 rings (SSSR count). The van der Waals surface area contributed by atoms with Gasteiger partial charge >= 0.3 is 0 Å². The summed E-state index contributed by atoms with van der Waals surface area (Å²) in [4.78, 5) is 1.66. The molecule has 100 valence electrons. The van der Waals surface area contributed by atoms with Crippen LogP contribution in [0.25, 0.3) is 0 Å². The first kappa shape index (κ1) is 15.5. The predicted molar refractivity (Wildman–Crippen MR) is 89.9 cm³/mol. The van der Waals surface area contributed by atoms with Crippen LogP contribution in [-0.2, 0) is 0 Å². The lowest BCUT2D eigenvalue weighted by atomic mass is 10.4. The fourth-order valence-corrected chi connectivity index (χ4v) is 14.6. The van der Waals surface area contributed by atoms with E-state index in [4.69, 9.17) is 0 Å². The first-order valence-electron chi connectivity index (χ1n) is 7.20. The van der Waals surface area contributed by atoms with Gasteiger partial charge in [-0.2, -0.15) is 0 Å². The zero-order valence-electron chi connectivity index (χ0n) is 12.7. The predicted octanol–water partition coefficient (Wildman–Crippen LogP) is 4.75. The van der Waals surface area contributed by atoms with E-state index in [-0.39, 0.29) is 0 Å². The lowest BCUT2D eigenvalue weighted by molar-refractivity contribution is 1.19. The van der Waals surface area contributed by atoms with Gasteiger partial charge in [0.05, 0.1) is 8.07 Å². The molecule has 0 fully saturated rings. The van der Waals surface area contributed by atoms with Crippen LogP contribution in [0.4, 0.5) is 0 Å². The number of rotatable bonds is 6. The number of hydrogen-bond acceptors (Lipinski definition) is 0. The molecule has 0 spiro atoms. The smallest absolute Gasteiger partial charge is 0.103 e. The zero-order chi connectivity index (χ0) is 13.8. The second kappa shape index (κ2) is 6.02. The van der Waals surface area contributed by atoms with Gasteiger partial charge in [-0.3, -0.25) is 0 Å². The maximum atomic E-state index is 4.61. The van der Waals surface area contributed by atoms with Crippen LogP contribution in [0.1, 0.15) is 20.8 Å². The third kappa shape index (κ3) is 2.70. The van der Waals surface area contributed by atoms with E-state index in [0.717, 1.165) is 0 Å². The molecule has 18 heavy (non-hydrogen) atoms. The SMILES string of the molecule is C=C([Si](CC)(CC)CC)[Si](C)(C)c1ccccc1. The summed E-state index contributed by atoms with van der Waals surface area (Å²) in [5, 5.41) is 1.54. The summed E-state index contributed by atoms with van der Waals surface area (Å²) in [7, 11) is -2.79. The van der Waals surface area contributed by atoms with Crippen LogP contribution in [0.3, 0.4) is 0 Å². The highest BCUT2D eigenvalue weighted by molar-refractivity contribution is 7.11. The molecule has 0 N–H and O–H groups in total. The topological polar surface area (TPSA) is 0 Å². The van der Waals surface area contributed by atoms with Crippen LogP contribution >= 0.6 is 0 Å². The van der Waals surface area contributed by atoms with Gasteiger partial charge in [0.2, 0.25) is 0 Å². The Bertz CT molecular complexity index is 381. The van der Waals surface area contributed by atoms with Gasteiger partial charge in [0.1, 0.15) is 8.07 Å². The van der Waals surface area contributed by atoms with Crippen molar-refractivity contribution >= 4 is 21.3 Å². The quantitative estimate of drug-likeness (QED) is 0.658. The zero-order valence-corrected chi connectivity index (χ0v) is 14.7. The number of hydrogen-bond donors (Lipinski definition) is 0. The van der Waals surface area contributed by atoms with E-state index in [1.165, 1.54) is 18.1 Å². The Kier molecular flexibility index (Phi) is 5.17. The first-order valence-corrected chi connectivity index (χ1v) is 12.8. The minimum Gasteiger partial charge on any atom is -0.107 e. The lowest BCUT2D eigenvalue weighted by Crippen LogP contribution is -2.53. The second-order valence-corrected chi connectivity index (χ2v) is 16.0. The summed E-state index contributed by atoms with van der Waals surface area (Å²) in [6.07, 6.45) is 0. The summed E-state index contributed by atoms with van der Waals surface area (Å²) >= 11 is 0. The first-order chi connectivity index (χ1) is 8.44. The molecule has 0 aliphatic carbocycles. The number of benzene rings is 1. The molecule has 0 amide bonds. The summed E-state index contributed by atoms with van der Waals surface area (Å²) in [5.41, 5.74) is 0. The van der Waals surface area contributed by atoms with Crippen molar-refractivity contribution in [1.29, 1.82) is 0 Å². The Morgan fingerprint density at radius 1 is 0.944 bits per heavy atom. The Balaban J connectivity index is 3.16. The van der Waals surface area contributed by atoms with Crippen LogP contribution in [0.5, 0.6) is 0 Å². The highest BCUT2D eigenvalue weighted by atomic mass is 28.4. The van der Waals surface area contributed by atoms with Gasteiger partial charge in [0.15, 0.2) is 0 Å². The summed E-state index contributed by atoms with van der Waals surface area (Å²) < 4.78 is 0. The Hall–Kier alpha value is -0.606. The van der Waals surface area contributed by atoms with Crippen molar-refractivity contribution in [2.75, 3.05) is 0 Å². The largest absolute Gasteiger partial charge is 0.107 e. The van der Waals surface area contributed by atoms with Crippen molar-refractivity contribution in [3.63, 3.8) is 0 Å². The minimum absolute atomic E-state index is 1.27. The van der Waals surface area contributed by atoms with Crippen LogP contribution < -0.4 is 5.19 Å². The maximum absolute atomic E-state index is 4.61. The van der Waals surface area contributed by atoms with Gasteiger partial charge in [-0.05, 0) is 0 Å². The molecule has 0 nitrogen and oxygen atoms in total. The minimum atomic E-state index is -1.51. The van der Waals surface area contributed by atoms with E-state index in [1.54, 1.807) is 10.0 Å². The monoisotopic (exact) mass is 276 g/mol. The molecule has 0 unspecified atom stereocenters. The third-order valence-electron chi connectivity index (χ3n) is 4.92. The summed E-state index contributed by atoms with van der Waals surface area (Å²) in [6.45, 7) is 16.7. The molecule has 0 radical (unpaired) electrons. The highest BCUT2D eigenvalue weighted by Gasteiger charge is 2.40. The van der Waals surface area contributed by atoms with E-state index in [1.807, 2.05) is 0 Å². The molecule has 0 bridgehead atoms. The van der Waals surface area contributed by atoms with Crippen LogP contribution in [0.15, 0.2) is 41.7 Å². The Morgan fingerprint density at radius 2 is 1.39 bits per heavy atom. The molecule has 2 heteroatoms. The molecule has 1 aromatic rings. The fraction of sp³-hybridized carbons (Fsp3) is 0.500. The van der Waals surface area contributed by atoms with Gasteiger partial charge in [-0.1, -0.05) is 92.3 Å². The van der Waals surface area contributed by atoms with E-state index < -0.39 is 16.1 Å². The van der Waals surface area contributed by atoms with E-state index in [0.29, 0.717) is 0 Å². The van der Waals surface area contributed by atoms with Crippen molar-refractivity contribution in [3.8, 4) is 0 Å². The van der Waals surface area contributed by atoms with Gasteiger partial charge in [0.25, 0.3) is 0 Å². The Labute approximate surface area is 115 Å². The van der Waals surface area contributed by atoms with Crippen molar-refractivity contribution in [2.24, 2.45) is 0 Å². The standard InChI is InChI=1S/C16H28Si2/c1-7-18(8-2,9-3)15(4)17(5,6)16-13-11-10-12-14-16/h10-14H,4,7-9H2,1-3,5-6H3. The van der Waals surface area contributed by atoms with Crippen molar-refractivity contribution in [3.05, 3.63) is 41.7 Å². The third-order valence-corrected chi connectivity index (χ3v) is 17.0. The maximum Gasteiger partial charge on any atom is 0.103 e. The molecule has 0 atom stereocenters. The fourth-order valence-electron chi connectivity index (χ4n) is 3.08. The average molecular weight is 277 g/mol. The van der Waals surface area contributed by atoms with E-state index in [2.05, 4.69) is 70.8 Å². The molecular formula is C16H28Si2. The molecule has 0 saturated carbocycles. The van der Waals surface area contributed by atoms with E-state index in [9.17, 15) is 0 Å². The molecule has 0 aliphatic heterocycles. The van der Waals surface area contributed by atoms with Crippen molar-refractivity contribution in [1.82, 2.24) is 0 Å². The average Bonchev–Trinajstić information content (AvgIpc) is 2.42. The molecule has 0 saturated heterocycles. The lowest BCUT2D eigenvalue weighted by Gasteiger charge is -2.39. The van der Waals surface area contributed by atoms with Gasteiger partial charge in [-0.15, -0.1) is 6.58 Å². The second-order valence-electron chi connectivity index (χ2n) is 5.81. The van der Waals surface area contributed by atoms with Gasteiger partial charge in [-0.25, -0.2) is 0 Å². The van der Waals surface area contributed by atoms with Crippen molar-refractivity contribution < 1.29 is 0 Å². The molecular weight excluding hydrogens is 248 g/mol. The molecule has 0 aliphatic rings. The molecule has 0 aromatic heterocycles. The van der Waals surface area contributed by atoms with Crippen LogP contribution in [0, 0.1) is 0 Å². The van der Waals surface area contributed by atoms with Gasteiger partial charge < -0.3 is 0 Å². The van der Waals surface area contributed by atoms with E-state index >= 15 is 0 Å². The van der Waals surface area contributed by atoms with Crippen LogP contribution in [-0.4, -0.2) is 16.1 Å². The normalized spacial score (nSPS) is 12.5. The summed E-state index contributed by atoms with van der Waals surface area (Å²) in [6, 6.07) is 15.1.